The molecule has 0 spiro atoms. The van der Waals surface area contributed by atoms with Crippen LogP contribution in [0.3, 0.4) is 0 Å². The fourth-order valence-electron chi connectivity index (χ4n) is 2.20. The van der Waals surface area contributed by atoms with Crippen LogP contribution in [0.25, 0.3) is 0 Å². The van der Waals surface area contributed by atoms with Gasteiger partial charge in [0.15, 0.2) is 10.7 Å². The molecule has 0 unspecified atom stereocenters. The van der Waals surface area contributed by atoms with Crippen molar-refractivity contribution in [2.75, 3.05) is 11.1 Å². The number of aryl methyl sites for hydroxylation is 1. The third-order valence-corrected chi connectivity index (χ3v) is 5.23. The number of nitrogen functional groups attached to an aromatic ring is 1. The average molecular weight is 328 g/mol. The van der Waals surface area contributed by atoms with Gasteiger partial charge in [-0.25, -0.2) is 8.42 Å². The molecule has 0 bridgehead atoms. The van der Waals surface area contributed by atoms with E-state index in [-0.39, 0.29) is 21.4 Å². The Balaban J connectivity index is 2.06. The molecule has 0 radical (unpaired) electrons. The molecular formula is C16H16N4O2S. The van der Waals surface area contributed by atoms with Crippen LogP contribution in [-0.4, -0.2) is 18.6 Å². The maximum atomic E-state index is 12.9. The van der Waals surface area contributed by atoms with Gasteiger partial charge in [0.25, 0.3) is 0 Å². The smallest absolute Gasteiger partial charge is 0.213 e. The summed E-state index contributed by atoms with van der Waals surface area (Å²) in [5, 5.41) is 9.49. The number of anilines is 3. The lowest BCUT2D eigenvalue weighted by molar-refractivity contribution is 0.597. The van der Waals surface area contributed by atoms with Crippen LogP contribution in [-0.2, 0) is 9.84 Å². The van der Waals surface area contributed by atoms with Crippen LogP contribution >= 0.6 is 0 Å². The van der Waals surface area contributed by atoms with Gasteiger partial charge >= 0.3 is 0 Å². The van der Waals surface area contributed by atoms with E-state index in [2.05, 4.69) is 15.5 Å². The van der Waals surface area contributed by atoms with Crippen molar-refractivity contribution in [3.05, 3.63) is 60.2 Å². The second-order valence-corrected chi connectivity index (χ2v) is 7.01. The van der Waals surface area contributed by atoms with Crippen molar-refractivity contribution in [2.24, 2.45) is 0 Å². The highest BCUT2D eigenvalue weighted by molar-refractivity contribution is 7.91. The highest BCUT2D eigenvalue weighted by Crippen LogP contribution is 2.32. The number of aromatic amines is 1. The Morgan fingerprint density at radius 3 is 2.35 bits per heavy atom. The van der Waals surface area contributed by atoms with Gasteiger partial charge in [-0.05, 0) is 31.2 Å². The molecule has 0 atom stereocenters. The first-order valence-corrected chi connectivity index (χ1v) is 8.44. The first kappa shape index (κ1) is 15.1. The maximum Gasteiger partial charge on any atom is 0.213 e. The zero-order valence-corrected chi connectivity index (χ0v) is 13.3. The molecule has 0 aliphatic rings. The van der Waals surface area contributed by atoms with Gasteiger partial charge < -0.3 is 11.1 Å². The Hall–Kier alpha value is -2.80. The Bertz CT molecular complexity index is 916. The minimum absolute atomic E-state index is 0.00371. The largest absolute Gasteiger partial charge is 0.383 e. The molecule has 1 aromatic heterocycles. The molecule has 3 rings (SSSR count). The second kappa shape index (κ2) is 5.77. The minimum atomic E-state index is -3.78. The van der Waals surface area contributed by atoms with Crippen LogP contribution in [0.1, 0.15) is 5.56 Å². The summed E-state index contributed by atoms with van der Waals surface area (Å²) in [6, 6.07) is 15.8. The van der Waals surface area contributed by atoms with E-state index >= 15 is 0 Å². The predicted octanol–water partition coefficient (Wildman–Crippen LogP) is 2.88. The minimum Gasteiger partial charge on any atom is -0.383 e. The highest BCUT2D eigenvalue weighted by Gasteiger charge is 2.27. The first-order valence-electron chi connectivity index (χ1n) is 6.96. The van der Waals surface area contributed by atoms with E-state index in [1.807, 2.05) is 37.3 Å². The number of sulfone groups is 1. The highest BCUT2D eigenvalue weighted by atomic mass is 32.2. The van der Waals surface area contributed by atoms with Crippen LogP contribution in [0, 0.1) is 6.92 Å². The van der Waals surface area contributed by atoms with Crippen LogP contribution in [0.4, 0.5) is 17.3 Å². The summed E-state index contributed by atoms with van der Waals surface area (Å²) in [5.74, 6) is 0.179. The van der Waals surface area contributed by atoms with E-state index in [1.165, 1.54) is 0 Å². The molecule has 0 aliphatic carbocycles. The fraction of sp³-hybridized carbons (Fsp3) is 0.0625. The molecular weight excluding hydrogens is 312 g/mol. The lowest BCUT2D eigenvalue weighted by atomic mass is 10.2. The van der Waals surface area contributed by atoms with Gasteiger partial charge in [0.2, 0.25) is 9.84 Å². The Morgan fingerprint density at radius 2 is 1.70 bits per heavy atom. The second-order valence-electron chi connectivity index (χ2n) is 5.12. The summed E-state index contributed by atoms with van der Waals surface area (Å²) >= 11 is 0. The number of nitrogens with one attached hydrogen (secondary N) is 2. The third-order valence-electron chi connectivity index (χ3n) is 3.38. The van der Waals surface area contributed by atoms with Crippen LogP contribution in [0.5, 0.6) is 0 Å². The first-order chi connectivity index (χ1) is 11.0. The van der Waals surface area contributed by atoms with E-state index in [1.54, 1.807) is 24.3 Å². The molecule has 118 valence electrons. The molecule has 4 N–H and O–H groups in total. The molecule has 0 saturated carbocycles. The van der Waals surface area contributed by atoms with Crippen molar-refractivity contribution in [3.8, 4) is 0 Å². The van der Waals surface area contributed by atoms with E-state index < -0.39 is 9.84 Å². The van der Waals surface area contributed by atoms with Crippen molar-refractivity contribution >= 4 is 27.2 Å². The number of nitrogens with zero attached hydrogens (tertiary/aromatic N) is 1. The molecule has 2 aromatic carbocycles. The lowest BCUT2D eigenvalue weighted by Gasteiger charge is -2.08. The van der Waals surface area contributed by atoms with Crippen LogP contribution < -0.4 is 11.1 Å². The van der Waals surface area contributed by atoms with E-state index in [0.717, 1.165) is 11.3 Å². The average Bonchev–Trinajstić information content (AvgIpc) is 2.90. The van der Waals surface area contributed by atoms with E-state index in [0.29, 0.717) is 0 Å². The molecule has 0 amide bonds. The Labute approximate surface area is 134 Å². The SMILES string of the molecule is Cc1ccc(S(=O)(=O)c2c(Nc3ccccc3)n[nH]c2N)cc1. The van der Waals surface area contributed by atoms with Crippen molar-refractivity contribution in [3.63, 3.8) is 0 Å². The molecule has 0 aliphatic heterocycles. The van der Waals surface area contributed by atoms with Crippen LogP contribution in [0.2, 0.25) is 0 Å². The normalized spacial score (nSPS) is 11.3. The summed E-state index contributed by atoms with van der Waals surface area (Å²) < 4.78 is 25.7. The van der Waals surface area contributed by atoms with E-state index in [9.17, 15) is 8.42 Å². The van der Waals surface area contributed by atoms with Crippen molar-refractivity contribution in [1.82, 2.24) is 10.2 Å². The third kappa shape index (κ3) is 2.91. The summed E-state index contributed by atoms with van der Waals surface area (Å²) in [7, 11) is -3.78. The summed E-state index contributed by atoms with van der Waals surface area (Å²) in [6.45, 7) is 1.89. The topological polar surface area (TPSA) is 101 Å². The molecule has 6 nitrogen and oxygen atoms in total. The zero-order valence-electron chi connectivity index (χ0n) is 12.4. The van der Waals surface area contributed by atoms with Crippen molar-refractivity contribution < 1.29 is 8.42 Å². The molecule has 0 saturated heterocycles. The number of hydrogen-bond donors (Lipinski definition) is 3. The summed E-state index contributed by atoms with van der Waals surface area (Å²) in [5.41, 5.74) is 7.51. The zero-order chi connectivity index (χ0) is 16.4. The summed E-state index contributed by atoms with van der Waals surface area (Å²) in [6.07, 6.45) is 0. The maximum absolute atomic E-state index is 12.9. The van der Waals surface area contributed by atoms with Gasteiger partial charge in [0, 0.05) is 5.69 Å². The van der Waals surface area contributed by atoms with Gasteiger partial charge in [0.1, 0.15) is 5.82 Å². The number of hydrogen-bond acceptors (Lipinski definition) is 5. The van der Waals surface area contributed by atoms with Crippen LogP contribution in [0.15, 0.2) is 64.4 Å². The van der Waals surface area contributed by atoms with Gasteiger partial charge in [-0.1, -0.05) is 35.9 Å². The lowest BCUT2D eigenvalue weighted by Crippen LogP contribution is -2.07. The number of para-hydroxylation sites is 1. The Morgan fingerprint density at radius 1 is 1.04 bits per heavy atom. The van der Waals surface area contributed by atoms with Gasteiger partial charge in [0.05, 0.1) is 4.90 Å². The molecule has 3 aromatic rings. The number of rotatable bonds is 4. The number of H-pyrrole nitrogens is 1. The van der Waals surface area contributed by atoms with Gasteiger partial charge in [-0.2, -0.15) is 5.10 Å². The Kier molecular flexibility index (Phi) is 3.79. The number of nitrogens with two attached hydrogens (primary N) is 1. The van der Waals surface area contributed by atoms with Gasteiger partial charge in [-0.15, -0.1) is 0 Å². The fourth-order valence-corrected chi connectivity index (χ4v) is 3.61. The standard InChI is InChI=1S/C16H16N4O2S/c1-11-7-9-13(10-8-11)23(21,22)14-15(17)19-20-16(14)18-12-5-3-2-4-6-12/h2-10H,1H3,(H4,17,18,19,20). The summed E-state index contributed by atoms with van der Waals surface area (Å²) in [4.78, 5) is 0.123. The molecule has 1 heterocycles. The van der Waals surface area contributed by atoms with Gasteiger partial charge in [-0.3, -0.25) is 5.10 Å². The molecule has 7 heteroatoms. The van der Waals surface area contributed by atoms with Crippen molar-refractivity contribution in [1.29, 1.82) is 0 Å². The molecule has 0 fully saturated rings. The predicted molar refractivity (Wildman–Crippen MR) is 89.4 cm³/mol. The van der Waals surface area contributed by atoms with E-state index in [4.69, 9.17) is 5.73 Å². The quantitative estimate of drug-likeness (QED) is 0.683. The number of benzene rings is 2. The van der Waals surface area contributed by atoms with Crippen molar-refractivity contribution in [2.45, 2.75) is 16.7 Å². The number of aromatic nitrogens is 2. The molecule has 23 heavy (non-hydrogen) atoms. The monoisotopic (exact) mass is 328 g/mol.